The van der Waals surface area contributed by atoms with Crippen LogP contribution in [0.1, 0.15) is 33.1 Å². The van der Waals surface area contributed by atoms with E-state index < -0.39 is 17.5 Å². The van der Waals surface area contributed by atoms with E-state index in [4.69, 9.17) is 16.3 Å². The Morgan fingerprint density at radius 1 is 1.26 bits per heavy atom. The number of nitrogens with zero attached hydrogens (tertiary/aromatic N) is 3. The average Bonchev–Trinajstić information content (AvgIpc) is 3.22. The van der Waals surface area contributed by atoms with Crippen molar-refractivity contribution in [2.24, 2.45) is 0 Å². The smallest absolute Gasteiger partial charge is 0.274 e. The van der Waals surface area contributed by atoms with Gasteiger partial charge in [-0.3, -0.25) is 14.3 Å². The van der Waals surface area contributed by atoms with E-state index in [-0.39, 0.29) is 28.6 Å². The van der Waals surface area contributed by atoms with Crippen LogP contribution in [0.25, 0.3) is 5.65 Å². The van der Waals surface area contributed by atoms with Crippen LogP contribution in [-0.4, -0.2) is 25.5 Å². The third-order valence-electron chi connectivity index (χ3n) is 4.82. The first kappa shape index (κ1) is 20.8. The lowest BCUT2D eigenvalue weighted by molar-refractivity contribution is 0.102. The number of ether oxygens (including phenoxy) is 1. The van der Waals surface area contributed by atoms with E-state index in [1.54, 1.807) is 20.8 Å². The summed E-state index contributed by atoms with van der Waals surface area (Å²) in [7, 11) is 0. The van der Waals surface area contributed by atoms with Gasteiger partial charge in [0.2, 0.25) is 0 Å². The Morgan fingerprint density at radius 2 is 2.03 bits per heavy atom. The Balaban J connectivity index is 1.69. The van der Waals surface area contributed by atoms with Gasteiger partial charge in [0.05, 0.1) is 27.8 Å². The van der Waals surface area contributed by atoms with Crippen LogP contribution in [0, 0.1) is 32.4 Å². The van der Waals surface area contributed by atoms with Crippen LogP contribution in [0.4, 0.5) is 14.5 Å². The maximum Gasteiger partial charge on any atom is 0.274 e. The minimum atomic E-state index is -0.981. The third-order valence-corrected chi connectivity index (χ3v) is 5.03. The first-order valence-corrected chi connectivity index (χ1v) is 9.71. The van der Waals surface area contributed by atoms with Crippen LogP contribution < -0.4 is 10.1 Å². The van der Waals surface area contributed by atoms with Crippen LogP contribution in [0.3, 0.4) is 0 Å². The van der Waals surface area contributed by atoms with Gasteiger partial charge in [-0.25, -0.2) is 13.8 Å². The van der Waals surface area contributed by atoms with E-state index in [9.17, 15) is 13.6 Å². The maximum absolute atomic E-state index is 14.0. The zero-order valence-corrected chi connectivity index (χ0v) is 17.6. The summed E-state index contributed by atoms with van der Waals surface area (Å²) in [6, 6.07) is 5.35. The number of rotatable bonds is 5. The molecule has 0 saturated carbocycles. The molecule has 0 spiro atoms. The van der Waals surface area contributed by atoms with Gasteiger partial charge in [0.25, 0.3) is 5.91 Å². The highest BCUT2D eigenvalue weighted by Gasteiger charge is 2.22. The van der Waals surface area contributed by atoms with Crippen LogP contribution in [0.5, 0.6) is 5.75 Å². The second-order valence-electron chi connectivity index (χ2n) is 7.03. The Hall–Kier alpha value is -3.46. The summed E-state index contributed by atoms with van der Waals surface area (Å²) in [5.74, 6) is -2.11. The molecule has 4 aromatic rings. The van der Waals surface area contributed by atoms with Gasteiger partial charge in [-0.1, -0.05) is 23.7 Å². The predicted octanol–water partition coefficient (Wildman–Crippen LogP) is 4.75. The number of H-pyrrole nitrogens is 1. The molecule has 160 valence electrons. The van der Waals surface area contributed by atoms with Gasteiger partial charge in [-0.05, 0) is 26.8 Å². The summed E-state index contributed by atoms with van der Waals surface area (Å²) in [6.45, 7) is 5.02. The molecule has 0 aliphatic carbocycles. The molecule has 0 atom stereocenters. The molecule has 2 N–H and O–H groups in total. The normalized spacial score (nSPS) is 11.2. The van der Waals surface area contributed by atoms with Crippen molar-refractivity contribution < 1.29 is 18.3 Å². The van der Waals surface area contributed by atoms with Crippen LogP contribution >= 0.6 is 11.6 Å². The largest absolute Gasteiger partial charge is 0.485 e. The number of nitrogens with one attached hydrogen (secondary N) is 2. The van der Waals surface area contributed by atoms with Gasteiger partial charge >= 0.3 is 0 Å². The van der Waals surface area contributed by atoms with Crippen molar-refractivity contribution in [3.8, 4) is 5.75 Å². The number of halogens is 3. The average molecular weight is 446 g/mol. The topological polar surface area (TPSA) is 84.3 Å². The van der Waals surface area contributed by atoms with E-state index in [1.165, 1.54) is 28.8 Å². The van der Waals surface area contributed by atoms with Crippen LogP contribution in [-0.2, 0) is 6.61 Å². The number of pyridine rings is 1. The number of aryl methyl sites for hydroxylation is 3. The number of amides is 1. The molecule has 3 heterocycles. The quantitative estimate of drug-likeness (QED) is 0.464. The number of fused-ring (bicyclic) bond motifs is 1. The highest BCUT2D eigenvalue weighted by Crippen LogP contribution is 2.28. The molecule has 10 heteroatoms. The zero-order valence-electron chi connectivity index (χ0n) is 16.9. The number of benzene rings is 1. The molecule has 0 aliphatic heterocycles. The van der Waals surface area contributed by atoms with E-state index in [2.05, 4.69) is 20.5 Å². The number of carbonyl (C=O) groups excluding carboxylic acids is 1. The molecule has 0 fully saturated rings. The van der Waals surface area contributed by atoms with E-state index in [0.29, 0.717) is 22.7 Å². The predicted molar refractivity (Wildman–Crippen MR) is 112 cm³/mol. The SMILES string of the molecule is Cc1n[nH]c(C)c1NC(=O)c1c(C)nc2c(OCc3cccc(F)c3F)cc(Cl)cn12. The Labute approximate surface area is 181 Å². The van der Waals surface area contributed by atoms with E-state index in [0.717, 1.165) is 11.8 Å². The summed E-state index contributed by atoms with van der Waals surface area (Å²) in [5, 5.41) is 10.00. The molecule has 0 bridgehead atoms. The highest BCUT2D eigenvalue weighted by atomic mass is 35.5. The highest BCUT2D eigenvalue weighted by molar-refractivity contribution is 6.30. The first-order chi connectivity index (χ1) is 14.8. The van der Waals surface area contributed by atoms with Crippen molar-refractivity contribution in [3.05, 3.63) is 75.5 Å². The third kappa shape index (κ3) is 3.84. The fraction of sp³-hybridized carbons (Fsp3) is 0.190. The summed E-state index contributed by atoms with van der Waals surface area (Å²) in [5.41, 5.74) is 3.03. The van der Waals surface area contributed by atoms with E-state index >= 15 is 0 Å². The Kier molecular flexibility index (Phi) is 5.36. The monoisotopic (exact) mass is 445 g/mol. The lowest BCUT2D eigenvalue weighted by Crippen LogP contribution is -2.16. The molecule has 0 saturated heterocycles. The van der Waals surface area contributed by atoms with Gasteiger partial charge < -0.3 is 10.1 Å². The second kappa shape index (κ2) is 7.99. The number of hydrogen-bond acceptors (Lipinski definition) is 4. The Morgan fingerprint density at radius 3 is 2.74 bits per heavy atom. The number of hydrogen-bond donors (Lipinski definition) is 2. The fourth-order valence-corrected chi connectivity index (χ4v) is 3.50. The number of aromatic amines is 1. The molecular formula is C21H18ClF2N5O2. The van der Waals surface area contributed by atoms with Crippen molar-refractivity contribution in [2.45, 2.75) is 27.4 Å². The molecular weight excluding hydrogens is 428 g/mol. The molecule has 3 aromatic heterocycles. The standard InChI is InChI=1S/C21H18ClF2N5O2/c1-10-18(11(2)28-27-10)26-21(30)19-12(3)25-20-16(7-14(22)8-29(19)20)31-9-13-5-4-6-15(23)17(13)24/h4-8H,9H2,1-3H3,(H,26,30)(H,27,28). The molecule has 4 rings (SSSR count). The maximum atomic E-state index is 14.0. The molecule has 1 aromatic carbocycles. The Bertz CT molecular complexity index is 1300. The second-order valence-corrected chi connectivity index (χ2v) is 7.46. The minimum absolute atomic E-state index is 0.0466. The summed E-state index contributed by atoms with van der Waals surface area (Å²) in [6.07, 6.45) is 1.54. The van der Waals surface area contributed by atoms with Crippen molar-refractivity contribution >= 4 is 28.8 Å². The van der Waals surface area contributed by atoms with Gasteiger partial charge in [0.15, 0.2) is 23.0 Å². The zero-order chi connectivity index (χ0) is 22.3. The molecule has 7 nitrogen and oxygen atoms in total. The van der Waals surface area contributed by atoms with Crippen molar-refractivity contribution in [2.75, 3.05) is 5.32 Å². The number of carbonyl (C=O) groups is 1. The van der Waals surface area contributed by atoms with Gasteiger partial charge in [0.1, 0.15) is 12.3 Å². The van der Waals surface area contributed by atoms with Crippen molar-refractivity contribution in [1.82, 2.24) is 19.6 Å². The summed E-state index contributed by atoms with van der Waals surface area (Å²) < 4.78 is 34.6. The molecule has 0 radical (unpaired) electrons. The number of anilines is 1. The van der Waals surface area contributed by atoms with Gasteiger partial charge in [0, 0.05) is 17.8 Å². The minimum Gasteiger partial charge on any atom is -0.485 e. The van der Waals surface area contributed by atoms with Crippen molar-refractivity contribution in [1.29, 1.82) is 0 Å². The number of aromatic nitrogens is 4. The number of imidazole rings is 1. The molecule has 0 aliphatic rings. The van der Waals surface area contributed by atoms with Crippen molar-refractivity contribution in [3.63, 3.8) is 0 Å². The van der Waals surface area contributed by atoms with Gasteiger partial charge in [-0.15, -0.1) is 0 Å². The van der Waals surface area contributed by atoms with Crippen LogP contribution in [0.15, 0.2) is 30.5 Å². The van der Waals surface area contributed by atoms with Crippen LogP contribution in [0.2, 0.25) is 5.02 Å². The summed E-state index contributed by atoms with van der Waals surface area (Å²) in [4.78, 5) is 17.4. The van der Waals surface area contributed by atoms with Gasteiger partial charge in [-0.2, -0.15) is 5.10 Å². The lowest BCUT2D eigenvalue weighted by atomic mass is 10.2. The fourth-order valence-electron chi connectivity index (χ4n) is 3.30. The molecule has 31 heavy (non-hydrogen) atoms. The van der Waals surface area contributed by atoms with E-state index in [1.807, 2.05) is 0 Å². The molecule has 1 amide bonds. The molecule has 0 unspecified atom stereocenters. The lowest BCUT2D eigenvalue weighted by Gasteiger charge is -2.10. The first-order valence-electron chi connectivity index (χ1n) is 9.33. The summed E-state index contributed by atoms with van der Waals surface area (Å²) >= 11 is 6.23.